The Morgan fingerprint density at radius 3 is 2.60 bits per heavy atom. The molecule has 0 saturated carbocycles. The number of nitrogens with zero attached hydrogens (tertiary/aromatic N) is 3. The first-order valence-electron chi connectivity index (χ1n) is 11.3. The molecule has 1 aromatic heterocycles. The average molecular weight is 557 g/mol. The number of aryl methyl sites for hydroxylation is 1. The summed E-state index contributed by atoms with van der Waals surface area (Å²) in [6, 6.07) is 12.9. The summed E-state index contributed by atoms with van der Waals surface area (Å²) in [5, 5.41) is 15.2. The van der Waals surface area contributed by atoms with Gasteiger partial charge in [-0.15, -0.1) is 16.8 Å². The van der Waals surface area contributed by atoms with E-state index in [4.69, 9.17) is 0 Å². The molecular weight excluding hydrogens is 526 g/mol. The van der Waals surface area contributed by atoms with Crippen LogP contribution in [0.3, 0.4) is 0 Å². The van der Waals surface area contributed by atoms with Gasteiger partial charge in [-0.25, -0.2) is 0 Å². The van der Waals surface area contributed by atoms with Crippen LogP contribution in [0.25, 0.3) is 0 Å². The van der Waals surface area contributed by atoms with Gasteiger partial charge >= 0.3 is 0 Å². The van der Waals surface area contributed by atoms with E-state index in [-0.39, 0.29) is 29.5 Å². The number of amides is 2. The lowest BCUT2D eigenvalue weighted by molar-refractivity contribution is -0.113. The number of allylic oxidation sites excluding steroid dienone is 1. The molecule has 0 saturated heterocycles. The highest BCUT2D eigenvalue weighted by Gasteiger charge is 2.21. The van der Waals surface area contributed by atoms with Crippen molar-refractivity contribution in [2.45, 2.75) is 51.4 Å². The third-order valence-electron chi connectivity index (χ3n) is 5.42. The summed E-state index contributed by atoms with van der Waals surface area (Å²) in [7, 11) is 0. The number of benzene rings is 2. The zero-order chi connectivity index (χ0) is 25.5. The largest absolute Gasteiger partial charge is 0.342 e. The minimum atomic E-state index is -0.380. The van der Waals surface area contributed by atoms with Crippen LogP contribution in [0, 0.1) is 6.92 Å². The Morgan fingerprint density at radius 1 is 1.17 bits per heavy atom. The van der Waals surface area contributed by atoms with Gasteiger partial charge in [0.25, 0.3) is 5.91 Å². The van der Waals surface area contributed by atoms with E-state index in [9.17, 15) is 9.59 Å². The zero-order valence-electron chi connectivity index (χ0n) is 20.3. The van der Waals surface area contributed by atoms with Gasteiger partial charge in [0.1, 0.15) is 0 Å². The van der Waals surface area contributed by atoms with Crippen molar-refractivity contribution in [1.82, 2.24) is 20.1 Å². The van der Waals surface area contributed by atoms with Gasteiger partial charge in [0.2, 0.25) is 5.91 Å². The van der Waals surface area contributed by atoms with Crippen LogP contribution in [0.15, 0.2) is 64.7 Å². The van der Waals surface area contributed by atoms with Crippen LogP contribution in [0.1, 0.15) is 60.0 Å². The van der Waals surface area contributed by atoms with Crippen molar-refractivity contribution >= 4 is 45.2 Å². The molecule has 3 aromatic rings. The van der Waals surface area contributed by atoms with Crippen molar-refractivity contribution in [3.8, 4) is 0 Å². The van der Waals surface area contributed by atoms with Crippen LogP contribution >= 0.6 is 27.7 Å². The second-order valence-electron chi connectivity index (χ2n) is 8.47. The van der Waals surface area contributed by atoms with E-state index in [1.54, 1.807) is 12.1 Å². The van der Waals surface area contributed by atoms with E-state index in [0.29, 0.717) is 23.1 Å². The predicted molar refractivity (Wildman–Crippen MR) is 145 cm³/mol. The van der Waals surface area contributed by atoms with Crippen molar-refractivity contribution in [1.29, 1.82) is 0 Å². The lowest BCUT2D eigenvalue weighted by atomic mass is 10.0. The van der Waals surface area contributed by atoms with Crippen molar-refractivity contribution < 1.29 is 9.59 Å². The van der Waals surface area contributed by atoms with Crippen LogP contribution in [0.2, 0.25) is 0 Å². The van der Waals surface area contributed by atoms with Crippen molar-refractivity contribution in [2.24, 2.45) is 0 Å². The summed E-state index contributed by atoms with van der Waals surface area (Å²) >= 11 is 4.79. The molecule has 1 heterocycles. The molecule has 0 fully saturated rings. The van der Waals surface area contributed by atoms with Gasteiger partial charge in [0.05, 0.1) is 11.8 Å². The summed E-state index contributed by atoms with van der Waals surface area (Å²) in [4.78, 5) is 25.5. The number of rotatable bonds is 10. The standard InChI is InChI=1S/C26H30BrN5O2S/c1-6-13-32-24(18(5)28-25(34)20-10-8-7-9-17(20)4)30-31-26(32)35-15-23(33)29-22-12-11-19(27)14-21(22)16(2)3/h6-12,14,16,18H,1,13,15H2,2-5H3,(H,28,34)(H,29,33)/t18-/m1/s1. The highest BCUT2D eigenvalue weighted by molar-refractivity contribution is 9.10. The normalized spacial score (nSPS) is 11.8. The molecule has 0 aliphatic heterocycles. The molecule has 0 bridgehead atoms. The summed E-state index contributed by atoms with van der Waals surface area (Å²) < 4.78 is 2.84. The molecule has 0 radical (unpaired) electrons. The maximum atomic E-state index is 12.8. The number of hydrogen-bond donors (Lipinski definition) is 2. The Bertz CT molecular complexity index is 1220. The fourth-order valence-electron chi connectivity index (χ4n) is 3.64. The predicted octanol–water partition coefficient (Wildman–Crippen LogP) is 5.88. The molecule has 7 nitrogen and oxygen atoms in total. The first-order valence-corrected chi connectivity index (χ1v) is 13.1. The number of aromatic nitrogens is 3. The fraction of sp³-hybridized carbons (Fsp3) is 0.308. The first-order chi connectivity index (χ1) is 16.7. The topological polar surface area (TPSA) is 88.9 Å². The lowest BCUT2D eigenvalue weighted by Crippen LogP contribution is -2.29. The Kier molecular flexibility index (Phi) is 9.28. The number of thioether (sulfide) groups is 1. The fourth-order valence-corrected chi connectivity index (χ4v) is 4.77. The highest BCUT2D eigenvalue weighted by atomic mass is 79.9. The average Bonchev–Trinajstić information content (AvgIpc) is 3.22. The third kappa shape index (κ3) is 6.82. The molecule has 184 valence electrons. The Labute approximate surface area is 218 Å². The van der Waals surface area contributed by atoms with Crippen molar-refractivity contribution in [2.75, 3.05) is 11.1 Å². The van der Waals surface area contributed by atoms with Gasteiger partial charge in [-0.2, -0.15) is 0 Å². The molecule has 2 amide bonds. The maximum absolute atomic E-state index is 12.8. The minimum absolute atomic E-state index is 0.130. The number of hydrogen-bond acceptors (Lipinski definition) is 5. The van der Waals surface area contributed by atoms with E-state index in [1.807, 2.05) is 54.8 Å². The minimum Gasteiger partial charge on any atom is -0.342 e. The Balaban J connectivity index is 1.69. The molecule has 3 rings (SSSR count). The second-order valence-corrected chi connectivity index (χ2v) is 10.3. The molecule has 2 N–H and O–H groups in total. The number of anilines is 1. The van der Waals surface area contributed by atoms with Crippen LogP contribution in [0.4, 0.5) is 5.69 Å². The molecule has 35 heavy (non-hydrogen) atoms. The molecule has 0 spiro atoms. The zero-order valence-corrected chi connectivity index (χ0v) is 22.7. The quantitative estimate of drug-likeness (QED) is 0.241. The number of carbonyl (C=O) groups is 2. The number of carbonyl (C=O) groups excluding carboxylic acids is 2. The smallest absolute Gasteiger partial charge is 0.252 e. The Morgan fingerprint density at radius 2 is 1.91 bits per heavy atom. The molecule has 9 heteroatoms. The molecule has 0 unspecified atom stereocenters. The van der Waals surface area contributed by atoms with E-state index >= 15 is 0 Å². The first kappa shape index (κ1) is 26.7. The van der Waals surface area contributed by atoms with Gasteiger partial charge in [0, 0.05) is 22.3 Å². The second kappa shape index (κ2) is 12.2. The van der Waals surface area contributed by atoms with Crippen LogP contribution < -0.4 is 10.6 Å². The number of nitrogens with one attached hydrogen (secondary N) is 2. The van der Waals surface area contributed by atoms with Crippen LogP contribution in [-0.4, -0.2) is 32.3 Å². The van der Waals surface area contributed by atoms with Gasteiger partial charge in [-0.3, -0.25) is 9.59 Å². The third-order valence-corrected chi connectivity index (χ3v) is 6.88. The summed E-state index contributed by atoms with van der Waals surface area (Å²) in [6.07, 6.45) is 1.74. The molecule has 0 aliphatic rings. The van der Waals surface area contributed by atoms with E-state index in [0.717, 1.165) is 21.3 Å². The number of halogens is 1. The SMILES string of the molecule is C=CCn1c(SCC(=O)Nc2ccc(Br)cc2C(C)C)nnc1[C@@H](C)NC(=O)c1ccccc1C. The maximum Gasteiger partial charge on any atom is 0.252 e. The lowest BCUT2D eigenvalue weighted by Gasteiger charge is -2.16. The van der Waals surface area contributed by atoms with Gasteiger partial charge in [0.15, 0.2) is 11.0 Å². The Hall–Kier alpha value is -2.91. The van der Waals surface area contributed by atoms with Gasteiger partial charge in [-0.1, -0.05) is 65.8 Å². The van der Waals surface area contributed by atoms with Crippen molar-refractivity contribution in [3.05, 3.63) is 82.1 Å². The highest BCUT2D eigenvalue weighted by Crippen LogP contribution is 2.28. The summed E-state index contributed by atoms with van der Waals surface area (Å²) in [5.41, 5.74) is 3.38. The van der Waals surface area contributed by atoms with Crippen LogP contribution in [0.5, 0.6) is 0 Å². The van der Waals surface area contributed by atoms with Crippen molar-refractivity contribution in [3.63, 3.8) is 0 Å². The van der Waals surface area contributed by atoms with E-state index < -0.39 is 0 Å². The molecule has 1 atom stereocenters. The van der Waals surface area contributed by atoms with E-state index in [1.165, 1.54) is 11.8 Å². The van der Waals surface area contributed by atoms with Crippen LogP contribution in [-0.2, 0) is 11.3 Å². The summed E-state index contributed by atoms with van der Waals surface area (Å²) in [6.45, 7) is 12.2. The monoisotopic (exact) mass is 555 g/mol. The summed E-state index contributed by atoms with van der Waals surface area (Å²) in [5.74, 6) is 0.741. The molecular formula is C26H30BrN5O2S. The molecule has 2 aromatic carbocycles. The van der Waals surface area contributed by atoms with Gasteiger partial charge < -0.3 is 15.2 Å². The van der Waals surface area contributed by atoms with E-state index in [2.05, 4.69) is 57.2 Å². The van der Waals surface area contributed by atoms with Gasteiger partial charge in [-0.05, 0) is 55.2 Å². The molecule has 0 aliphatic carbocycles.